The summed E-state index contributed by atoms with van der Waals surface area (Å²) in [7, 11) is 1.51. The van der Waals surface area contributed by atoms with E-state index in [1.54, 1.807) is 31.2 Å². The Kier molecular flexibility index (Phi) is 5.54. The molecule has 7 nitrogen and oxygen atoms in total. The van der Waals surface area contributed by atoms with Crippen LogP contribution in [0.1, 0.15) is 36.8 Å². The zero-order valence-electron chi connectivity index (χ0n) is 16.3. The van der Waals surface area contributed by atoms with Gasteiger partial charge in [-0.25, -0.2) is 10.1 Å². The summed E-state index contributed by atoms with van der Waals surface area (Å²) < 4.78 is 6.77. The van der Waals surface area contributed by atoms with Crippen molar-refractivity contribution in [3.8, 4) is 5.75 Å². The third-order valence-electron chi connectivity index (χ3n) is 4.14. The van der Waals surface area contributed by atoms with Crippen molar-refractivity contribution in [1.82, 2.24) is 15.2 Å². The van der Waals surface area contributed by atoms with E-state index in [0.717, 1.165) is 16.0 Å². The standard InChI is InChI=1S/C21H22N4O3/c1-13(2)28-16-11-9-15(10-12-16)14(3)22-23-20(26)19-17-7-5-6-8-18(17)21(27)25(4)24-19/h5-13H,1-4H3,(H,23,26)/b22-14-. The average Bonchev–Trinajstić information content (AvgIpc) is 2.68. The fraction of sp³-hybridized carbons (Fsp3) is 0.238. The van der Waals surface area contributed by atoms with E-state index >= 15 is 0 Å². The van der Waals surface area contributed by atoms with E-state index in [9.17, 15) is 9.59 Å². The van der Waals surface area contributed by atoms with E-state index < -0.39 is 5.91 Å². The summed E-state index contributed by atoms with van der Waals surface area (Å²) in [6.45, 7) is 5.73. The summed E-state index contributed by atoms with van der Waals surface area (Å²) in [6, 6.07) is 14.4. The number of rotatable bonds is 5. The maximum atomic E-state index is 12.6. The topological polar surface area (TPSA) is 85.6 Å². The largest absolute Gasteiger partial charge is 0.491 e. The Hall–Kier alpha value is -3.48. The Balaban J connectivity index is 1.83. The van der Waals surface area contributed by atoms with Gasteiger partial charge in [0.2, 0.25) is 0 Å². The lowest BCUT2D eigenvalue weighted by Gasteiger charge is -2.10. The van der Waals surface area contributed by atoms with E-state index in [2.05, 4.69) is 15.6 Å². The predicted molar refractivity (Wildman–Crippen MR) is 109 cm³/mol. The monoisotopic (exact) mass is 378 g/mol. The van der Waals surface area contributed by atoms with Crippen LogP contribution in [0.15, 0.2) is 58.4 Å². The molecule has 0 fully saturated rings. The number of fused-ring (bicyclic) bond motifs is 1. The Bertz CT molecular complexity index is 1100. The van der Waals surface area contributed by atoms with Crippen LogP contribution in [0.4, 0.5) is 0 Å². The summed E-state index contributed by atoms with van der Waals surface area (Å²) in [5.41, 5.74) is 3.91. The zero-order valence-corrected chi connectivity index (χ0v) is 16.3. The molecule has 3 rings (SSSR count). The summed E-state index contributed by atoms with van der Waals surface area (Å²) in [6.07, 6.45) is 0.101. The fourth-order valence-corrected chi connectivity index (χ4v) is 2.77. The van der Waals surface area contributed by atoms with Gasteiger partial charge in [0.05, 0.1) is 17.2 Å². The molecule has 0 saturated carbocycles. The minimum absolute atomic E-state index is 0.101. The fourth-order valence-electron chi connectivity index (χ4n) is 2.77. The number of aryl methyl sites for hydroxylation is 1. The van der Waals surface area contributed by atoms with Crippen molar-refractivity contribution in [1.29, 1.82) is 0 Å². The molecule has 1 amide bonds. The van der Waals surface area contributed by atoms with Gasteiger partial charge in [-0.15, -0.1) is 0 Å². The van der Waals surface area contributed by atoms with E-state index in [0.29, 0.717) is 16.5 Å². The highest BCUT2D eigenvalue weighted by molar-refractivity contribution is 6.06. The molecule has 0 saturated heterocycles. The van der Waals surface area contributed by atoms with Crippen LogP contribution in [0.3, 0.4) is 0 Å². The van der Waals surface area contributed by atoms with Gasteiger partial charge in [0.15, 0.2) is 5.69 Å². The number of nitrogens with one attached hydrogen (secondary N) is 1. The van der Waals surface area contributed by atoms with Crippen molar-refractivity contribution in [2.24, 2.45) is 12.1 Å². The predicted octanol–water partition coefficient (Wildman–Crippen LogP) is 2.87. The van der Waals surface area contributed by atoms with Crippen LogP contribution in [0, 0.1) is 0 Å². The van der Waals surface area contributed by atoms with Crippen molar-refractivity contribution in [2.75, 3.05) is 0 Å². The van der Waals surface area contributed by atoms with Crippen molar-refractivity contribution in [3.63, 3.8) is 0 Å². The zero-order chi connectivity index (χ0) is 20.3. The molecule has 28 heavy (non-hydrogen) atoms. The molecular weight excluding hydrogens is 356 g/mol. The summed E-state index contributed by atoms with van der Waals surface area (Å²) in [4.78, 5) is 24.8. The van der Waals surface area contributed by atoms with Gasteiger partial charge in [0.1, 0.15) is 5.75 Å². The minimum atomic E-state index is -0.481. The van der Waals surface area contributed by atoms with E-state index in [4.69, 9.17) is 4.74 Å². The molecule has 3 aromatic rings. The lowest BCUT2D eigenvalue weighted by atomic mass is 10.1. The normalized spacial score (nSPS) is 11.7. The summed E-state index contributed by atoms with van der Waals surface area (Å²) in [5, 5.41) is 9.19. The molecule has 2 aromatic carbocycles. The molecule has 1 N–H and O–H groups in total. The first-order valence-electron chi connectivity index (χ1n) is 8.94. The molecular formula is C21H22N4O3. The smallest absolute Gasteiger partial charge is 0.292 e. The molecule has 0 aliphatic heterocycles. The van der Waals surface area contributed by atoms with Gasteiger partial charge < -0.3 is 4.74 Å². The molecule has 0 unspecified atom stereocenters. The number of hydrogen-bond acceptors (Lipinski definition) is 5. The van der Waals surface area contributed by atoms with Gasteiger partial charge in [-0.3, -0.25) is 9.59 Å². The van der Waals surface area contributed by atoms with Gasteiger partial charge in [-0.1, -0.05) is 18.2 Å². The van der Waals surface area contributed by atoms with Gasteiger partial charge in [0, 0.05) is 12.4 Å². The highest BCUT2D eigenvalue weighted by Gasteiger charge is 2.15. The quantitative estimate of drug-likeness (QED) is 0.546. The van der Waals surface area contributed by atoms with Crippen LogP contribution in [0.2, 0.25) is 0 Å². The number of aromatic nitrogens is 2. The number of nitrogens with zero attached hydrogens (tertiary/aromatic N) is 3. The Morgan fingerprint density at radius 1 is 1.11 bits per heavy atom. The Morgan fingerprint density at radius 3 is 2.39 bits per heavy atom. The Labute approximate surface area is 162 Å². The van der Waals surface area contributed by atoms with Gasteiger partial charge in [-0.05, 0) is 56.7 Å². The average molecular weight is 378 g/mol. The molecule has 1 aromatic heterocycles. The van der Waals surface area contributed by atoms with Crippen LogP contribution >= 0.6 is 0 Å². The van der Waals surface area contributed by atoms with E-state index in [1.165, 1.54) is 7.05 Å². The second-order valence-electron chi connectivity index (χ2n) is 6.65. The SMILES string of the molecule is C/C(=N/NC(=O)c1nn(C)c(=O)c2ccccc12)c1ccc(OC(C)C)cc1. The Morgan fingerprint density at radius 2 is 1.75 bits per heavy atom. The summed E-state index contributed by atoms with van der Waals surface area (Å²) >= 11 is 0. The number of carbonyl (C=O) groups is 1. The lowest BCUT2D eigenvalue weighted by Crippen LogP contribution is -2.27. The number of hydrazone groups is 1. The molecule has 0 aliphatic rings. The number of amides is 1. The molecule has 0 bridgehead atoms. The van der Waals surface area contributed by atoms with Crippen LogP contribution in [-0.2, 0) is 7.05 Å². The number of benzene rings is 2. The number of ether oxygens (including phenoxy) is 1. The van der Waals surface area contributed by atoms with Crippen LogP contribution in [0.5, 0.6) is 5.75 Å². The van der Waals surface area contributed by atoms with Crippen molar-refractivity contribution in [3.05, 3.63) is 70.1 Å². The molecule has 0 aliphatic carbocycles. The molecule has 144 valence electrons. The van der Waals surface area contributed by atoms with Crippen LogP contribution in [-0.4, -0.2) is 27.5 Å². The third kappa shape index (κ3) is 4.09. The first kappa shape index (κ1) is 19.3. The second-order valence-corrected chi connectivity index (χ2v) is 6.65. The van der Waals surface area contributed by atoms with Crippen molar-refractivity contribution in [2.45, 2.75) is 26.9 Å². The number of hydrogen-bond donors (Lipinski definition) is 1. The van der Waals surface area contributed by atoms with Crippen LogP contribution < -0.4 is 15.7 Å². The van der Waals surface area contributed by atoms with Gasteiger partial charge in [-0.2, -0.15) is 10.2 Å². The lowest BCUT2D eigenvalue weighted by molar-refractivity contribution is 0.0949. The maximum absolute atomic E-state index is 12.6. The van der Waals surface area contributed by atoms with E-state index in [1.807, 2.05) is 38.1 Å². The molecule has 0 atom stereocenters. The molecule has 0 radical (unpaired) electrons. The number of carbonyl (C=O) groups excluding carboxylic acids is 1. The van der Waals surface area contributed by atoms with Crippen LogP contribution in [0.25, 0.3) is 10.8 Å². The maximum Gasteiger partial charge on any atom is 0.292 e. The molecule has 1 heterocycles. The summed E-state index contributed by atoms with van der Waals surface area (Å²) in [5.74, 6) is 0.294. The minimum Gasteiger partial charge on any atom is -0.491 e. The highest BCUT2D eigenvalue weighted by Crippen LogP contribution is 2.15. The third-order valence-corrected chi connectivity index (χ3v) is 4.14. The van der Waals surface area contributed by atoms with Gasteiger partial charge in [0.25, 0.3) is 11.5 Å². The molecule has 7 heteroatoms. The van der Waals surface area contributed by atoms with Gasteiger partial charge >= 0.3 is 0 Å². The van der Waals surface area contributed by atoms with Crippen molar-refractivity contribution >= 4 is 22.4 Å². The first-order valence-corrected chi connectivity index (χ1v) is 8.94. The highest BCUT2D eigenvalue weighted by atomic mass is 16.5. The van der Waals surface area contributed by atoms with E-state index in [-0.39, 0.29) is 17.4 Å². The van der Waals surface area contributed by atoms with Crippen molar-refractivity contribution < 1.29 is 9.53 Å². The second kappa shape index (κ2) is 8.04. The molecule has 0 spiro atoms. The first-order chi connectivity index (χ1) is 13.4.